The van der Waals surface area contributed by atoms with E-state index in [1.807, 2.05) is 20.8 Å². The summed E-state index contributed by atoms with van der Waals surface area (Å²) in [7, 11) is 0. The van der Waals surface area contributed by atoms with Gasteiger partial charge in [0.15, 0.2) is 0 Å². The highest BCUT2D eigenvalue weighted by Gasteiger charge is 2.52. The van der Waals surface area contributed by atoms with Crippen molar-refractivity contribution >= 4 is 23.6 Å². The molecule has 3 heterocycles. The third-order valence-corrected chi connectivity index (χ3v) is 6.96. The lowest BCUT2D eigenvalue weighted by atomic mass is 9.86. The van der Waals surface area contributed by atoms with Crippen LogP contribution in [0.5, 0.6) is 0 Å². The highest BCUT2D eigenvalue weighted by atomic mass is 16.5. The monoisotopic (exact) mass is 451 g/mol. The Morgan fingerprint density at radius 2 is 2.03 bits per heavy atom. The summed E-state index contributed by atoms with van der Waals surface area (Å²) in [5.41, 5.74) is 10.7. The van der Waals surface area contributed by atoms with E-state index in [0.29, 0.717) is 32.5 Å². The molecule has 6 N–H and O–H groups in total. The average Bonchev–Trinajstić information content (AvgIpc) is 3.30. The topological polar surface area (TPSA) is 157 Å². The SMILES string of the molecule is CC(C)(C)[C@H](N)C(=O)N1CC2(CCCCO2)CC1C(=O)N[C@@H](C[C@@H]1CCNC1=O)C(N)=O. The number of ether oxygens (including phenoxy) is 1. The second kappa shape index (κ2) is 9.35. The first kappa shape index (κ1) is 24.4. The normalized spacial score (nSPS) is 30.1. The first-order chi connectivity index (χ1) is 14.9. The standard InChI is InChI=1S/C22H37N5O5/c1-21(2,3)16(23)20(31)27-12-22(7-4-5-9-32-22)11-15(27)19(30)26-14(17(24)28)10-13-6-8-25-18(13)29/h13-16H,4-12,23H2,1-3H3,(H2,24,28)(H,25,29)(H,26,30)/t13-,14-,15?,16+,22?/m0/s1. The fourth-order valence-corrected chi connectivity index (χ4v) is 4.83. The molecule has 0 aromatic rings. The summed E-state index contributed by atoms with van der Waals surface area (Å²) >= 11 is 0. The van der Waals surface area contributed by atoms with Crippen LogP contribution in [0.1, 0.15) is 59.3 Å². The average molecular weight is 452 g/mol. The van der Waals surface area contributed by atoms with E-state index >= 15 is 0 Å². The Kier molecular flexibility index (Phi) is 7.14. The number of rotatable bonds is 6. The summed E-state index contributed by atoms with van der Waals surface area (Å²) in [6.45, 7) is 7.05. The molecule has 0 saturated carbocycles. The predicted molar refractivity (Wildman–Crippen MR) is 117 cm³/mol. The van der Waals surface area contributed by atoms with Crippen molar-refractivity contribution in [2.75, 3.05) is 19.7 Å². The summed E-state index contributed by atoms with van der Waals surface area (Å²) in [6.07, 6.45) is 3.73. The highest BCUT2D eigenvalue weighted by Crippen LogP contribution is 2.38. The number of carbonyl (C=O) groups is 4. The molecule has 180 valence electrons. The molecule has 10 heteroatoms. The molecule has 0 aromatic heterocycles. The summed E-state index contributed by atoms with van der Waals surface area (Å²) in [5.74, 6) is -2.00. The molecule has 0 aliphatic carbocycles. The highest BCUT2D eigenvalue weighted by molar-refractivity contribution is 5.94. The van der Waals surface area contributed by atoms with Crippen LogP contribution >= 0.6 is 0 Å². The molecule has 32 heavy (non-hydrogen) atoms. The lowest BCUT2D eigenvalue weighted by molar-refractivity contribution is -0.142. The number of carbonyl (C=O) groups excluding carboxylic acids is 4. The Morgan fingerprint density at radius 1 is 1.31 bits per heavy atom. The fraction of sp³-hybridized carbons (Fsp3) is 0.818. The zero-order valence-corrected chi connectivity index (χ0v) is 19.3. The minimum absolute atomic E-state index is 0.136. The Morgan fingerprint density at radius 3 is 2.56 bits per heavy atom. The summed E-state index contributed by atoms with van der Waals surface area (Å²) in [5, 5.41) is 5.43. The Bertz CT molecular complexity index is 758. The number of nitrogens with two attached hydrogens (primary N) is 2. The summed E-state index contributed by atoms with van der Waals surface area (Å²) in [6, 6.07) is -2.59. The molecule has 3 aliphatic heterocycles. The molecule has 3 rings (SSSR count). The van der Waals surface area contributed by atoms with Crippen molar-refractivity contribution in [2.24, 2.45) is 22.8 Å². The minimum Gasteiger partial charge on any atom is -0.373 e. The smallest absolute Gasteiger partial charge is 0.243 e. The maximum absolute atomic E-state index is 13.3. The van der Waals surface area contributed by atoms with Crippen molar-refractivity contribution in [3.8, 4) is 0 Å². The van der Waals surface area contributed by atoms with Crippen LogP contribution in [0.15, 0.2) is 0 Å². The number of nitrogens with one attached hydrogen (secondary N) is 2. The van der Waals surface area contributed by atoms with Crippen LogP contribution < -0.4 is 22.1 Å². The minimum atomic E-state index is -0.992. The molecule has 1 spiro atoms. The van der Waals surface area contributed by atoms with Gasteiger partial charge >= 0.3 is 0 Å². The van der Waals surface area contributed by atoms with Crippen LogP contribution in [-0.2, 0) is 23.9 Å². The van der Waals surface area contributed by atoms with E-state index < -0.39 is 41.0 Å². The van der Waals surface area contributed by atoms with Gasteiger partial charge in [-0.2, -0.15) is 0 Å². The van der Waals surface area contributed by atoms with E-state index in [0.717, 1.165) is 19.3 Å². The fourth-order valence-electron chi connectivity index (χ4n) is 4.83. The Labute approximate surface area is 189 Å². The van der Waals surface area contributed by atoms with Gasteiger partial charge in [0.1, 0.15) is 12.1 Å². The summed E-state index contributed by atoms with van der Waals surface area (Å²) in [4.78, 5) is 52.1. The zero-order chi connectivity index (χ0) is 23.7. The van der Waals surface area contributed by atoms with Gasteiger partial charge in [0.05, 0.1) is 18.2 Å². The quantitative estimate of drug-likeness (QED) is 0.422. The molecule has 10 nitrogen and oxygen atoms in total. The molecule has 3 saturated heterocycles. The number of hydrogen-bond acceptors (Lipinski definition) is 6. The zero-order valence-electron chi connectivity index (χ0n) is 19.3. The summed E-state index contributed by atoms with van der Waals surface area (Å²) < 4.78 is 6.07. The van der Waals surface area contributed by atoms with Crippen LogP contribution in [0.4, 0.5) is 0 Å². The van der Waals surface area contributed by atoms with Gasteiger partial charge in [-0.25, -0.2) is 0 Å². The Balaban J connectivity index is 1.78. The molecule has 0 bridgehead atoms. The molecule has 3 fully saturated rings. The number of hydrogen-bond donors (Lipinski definition) is 4. The van der Waals surface area contributed by atoms with Gasteiger partial charge in [0, 0.05) is 25.5 Å². The second-order valence-corrected chi connectivity index (χ2v) is 10.5. The first-order valence-electron chi connectivity index (χ1n) is 11.5. The van der Waals surface area contributed by atoms with Crippen LogP contribution in [-0.4, -0.2) is 72.0 Å². The van der Waals surface area contributed by atoms with Gasteiger partial charge in [0.2, 0.25) is 23.6 Å². The second-order valence-electron chi connectivity index (χ2n) is 10.5. The third-order valence-electron chi connectivity index (χ3n) is 6.96. The third kappa shape index (κ3) is 5.23. The van der Waals surface area contributed by atoms with Crippen molar-refractivity contribution in [3.63, 3.8) is 0 Å². The van der Waals surface area contributed by atoms with E-state index in [2.05, 4.69) is 10.6 Å². The predicted octanol–water partition coefficient (Wildman–Crippen LogP) is -0.604. The first-order valence-corrected chi connectivity index (χ1v) is 11.5. The van der Waals surface area contributed by atoms with Crippen molar-refractivity contribution in [2.45, 2.75) is 83.0 Å². The lowest BCUT2D eigenvalue weighted by Crippen LogP contribution is -2.57. The molecule has 0 aromatic carbocycles. The maximum Gasteiger partial charge on any atom is 0.243 e. The molecular weight excluding hydrogens is 414 g/mol. The molecule has 3 aliphatic rings. The maximum atomic E-state index is 13.3. The van der Waals surface area contributed by atoms with Crippen LogP contribution in [0.2, 0.25) is 0 Å². The van der Waals surface area contributed by atoms with Crippen molar-refractivity contribution in [1.82, 2.24) is 15.5 Å². The molecule has 2 unspecified atom stereocenters. The molecule has 5 atom stereocenters. The molecular formula is C22H37N5O5. The lowest BCUT2D eigenvalue weighted by Gasteiger charge is -2.35. The van der Waals surface area contributed by atoms with E-state index in [1.165, 1.54) is 4.90 Å². The number of amides is 4. The van der Waals surface area contributed by atoms with Crippen LogP contribution in [0.25, 0.3) is 0 Å². The van der Waals surface area contributed by atoms with Crippen molar-refractivity contribution in [3.05, 3.63) is 0 Å². The van der Waals surface area contributed by atoms with Crippen LogP contribution in [0.3, 0.4) is 0 Å². The van der Waals surface area contributed by atoms with E-state index in [4.69, 9.17) is 16.2 Å². The van der Waals surface area contributed by atoms with E-state index in [-0.39, 0.29) is 24.2 Å². The van der Waals surface area contributed by atoms with Crippen LogP contribution in [0, 0.1) is 11.3 Å². The largest absolute Gasteiger partial charge is 0.373 e. The van der Waals surface area contributed by atoms with Gasteiger partial charge in [-0.3, -0.25) is 19.2 Å². The number of likely N-dealkylation sites (tertiary alicyclic amines) is 1. The van der Waals surface area contributed by atoms with Gasteiger partial charge in [-0.15, -0.1) is 0 Å². The molecule has 0 radical (unpaired) electrons. The number of nitrogens with zero attached hydrogens (tertiary/aromatic N) is 1. The van der Waals surface area contributed by atoms with E-state index in [1.54, 1.807) is 0 Å². The van der Waals surface area contributed by atoms with Crippen molar-refractivity contribution < 1.29 is 23.9 Å². The number of primary amides is 1. The van der Waals surface area contributed by atoms with Gasteiger partial charge in [-0.05, 0) is 37.5 Å². The van der Waals surface area contributed by atoms with Gasteiger partial charge in [0.25, 0.3) is 0 Å². The van der Waals surface area contributed by atoms with E-state index in [9.17, 15) is 19.2 Å². The van der Waals surface area contributed by atoms with Crippen molar-refractivity contribution in [1.29, 1.82) is 0 Å². The van der Waals surface area contributed by atoms with Gasteiger partial charge in [-0.1, -0.05) is 20.8 Å². The van der Waals surface area contributed by atoms with Gasteiger partial charge < -0.3 is 31.7 Å². The molecule has 4 amide bonds. The Hall–Kier alpha value is -2.20.